The van der Waals surface area contributed by atoms with Gasteiger partial charge in [0.1, 0.15) is 0 Å². The van der Waals surface area contributed by atoms with Gasteiger partial charge in [-0.05, 0) is 42.5 Å². The van der Waals surface area contributed by atoms with E-state index < -0.39 is 0 Å². The highest BCUT2D eigenvalue weighted by molar-refractivity contribution is 5.48. The summed E-state index contributed by atoms with van der Waals surface area (Å²) in [4.78, 5) is 6.67. The smallest absolute Gasteiger partial charge is 0.0703 e. The molecule has 24 heavy (non-hydrogen) atoms. The predicted octanol–water partition coefficient (Wildman–Crippen LogP) is 4.08. The minimum absolute atomic E-state index is 0.372. The fraction of sp³-hybridized carbons (Fsp3) is 0.381. The standard InChI is InChI=1S/C21H26N2O/c1-18-15-22-12-11-20(18)16-23(17-21-10-6-14-24-21)13-5-9-19-7-3-2-4-8-19/h2-5,7-9,11-12,15,21H,6,10,13-14,16-17H2,1H3/b9-5+. The first-order valence-electron chi connectivity index (χ1n) is 8.76. The fourth-order valence-corrected chi connectivity index (χ4v) is 3.10. The summed E-state index contributed by atoms with van der Waals surface area (Å²) in [5.41, 5.74) is 3.84. The molecule has 1 aromatic carbocycles. The zero-order valence-corrected chi connectivity index (χ0v) is 14.4. The zero-order chi connectivity index (χ0) is 16.6. The molecule has 0 saturated carbocycles. The highest BCUT2D eigenvalue weighted by Crippen LogP contribution is 2.16. The molecule has 0 aliphatic carbocycles. The maximum Gasteiger partial charge on any atom is 0.0703 e. The van der Waals surface area contributed by atoms with Crippen LogP contribution in [0.25, 0.3) is 6.08 Å². The number of aromatic nitrogens is 1. The average Bonchev–Trinajstić information content (AvgIpc) is 3.11. The molecular formula is C21H26N2O. The Bertz CT molecular complexity index is 648. The minimum Gasteiger partial charge on any atom is -0.377 e. The summed E-state index contributed by atoms with van der Waals surface area (Å²) in [7, 11) is 0. The fourth-order valence-electron chi connectivity index (χ4n) is 3.10. The maximum atomic E-state index is 5.84. The average molecular weight is 322 g/mol. The van der Waals surface area contributed by atoms with E-state index in [1.54, 1.807) is 0 Å². The number of aryl methyl sites for hydroxylation is 1. The Morgan fingerprint density at radius 1 is 1.25 bits per heavy atom. The molecule has 1 unspecified atom stereocenters. The first kappa shape index (κ1) is 16.9. The summed E-state index contributed by atoms with van der Waals surface area (Å²) >= 11 is 0. The van der Waals surface area contributed by atoms with E-state index in [0.29, 0.717) is 6.10 Å². The lowest BCUT2D eigenvalue weighted by molar-refractivity contribution is 0.0746. The van der Waals surface area contributed by atoms with Crippen LogP contribution in [0.15, 0.2) is 54.9 Å². The predicted molar refractivity (Wildman–Crippen MR) is 98.7 cm³/mol. The van der Waals surface area contributed by atoms with Crippen molar-refractivity contribution in [1.29, 1.82) is 0 Å². The van der Waals surface area contributed by atoms with Crippen LogP contribution in [0.1, 0.15) is 29.5 Å². The number of benzene rings is 1. The largest absolute Gasteiger partial charge is 0.377 e. The van der Waals surface area contributed by atoms with Gasteiger partial charge in [-0.3, -0.25) is 9.88 Å². The van der Waals surface area contributed by atoms with Gasteiger partial charge in [-0.2, -0.15) is 0 Å². The Morgan fingerprint density at radius 2 is 2.12 bits per heavy atom. The van der Waals surface area contributed by atoms with E-state index in [2.05, 4.69) is 59.3 Å². The Balaban J connectivity index is 1.64. The van der Waals surface area contributed by atoms with Crippen LogP contribution in [0.2, 0.25) is 0 Å². The van der Waals surface area contributed by atoms with Crippen LogP contribution in [-0.4, -0.2) is 35.7 Å². The van der Waals surface area contributed by atoms with Crippen LogP contribution in [0, 0.1) is 6.92 Å². The van der Waals surface area contributed by atoms with Gasteiger partial charge >= 0.3 is 0 Å². The molecule has 1 aliphatic rings. The molecule has 3 heteroatoms. The van der Waals surface area contributed by atoms with Gasteiger partial charge in [0.05, 0.1) is 6.10 Å². The summed E-state index contributed by atoms with van der Waals surface area (Å²) in [5.74, 6) is 0. The van der Waals surface area contributed by atoms with Gasteiger partial charge in [-0.25, -0.2) is 0 Å². The lowest BCUT2D eigenvalue weighted by atomic mass is 10.1. The molecule has 2 heterocycles. The van der Waals surface area contributed by atoms with E-state index in [9.17, 15) is 0 Å². The Kier molecular flexibility index (Phi) is 6.16. The van der Waals surface area contributed by atoms with Gasteiger partial charge in [-0.1, -0.05) is 42.5 Å². The van der Waals surface area contributed by atoms with Crippen LogP contribution in [-0.2, 0) is 11.3 Å². The second kappa shape index (κ2) is 8.76. The van der Waals surface area contributed by atoms with Gasteiger partial charge in [0, 0.05) is 38.6 Å². The maximum absolute atomic E-state index is 5.84. The van der Waals surface area contributed by atoms with Crippen molar-refractivity contribution in [3.05, 3.63) is 71.6 Å². The summed E-state index contributed by atoms with van der Waals surface area (Å²) in [6.45, 7) is 5.89. The summed E-state index contributed by atoms with van der Waals surface area (Å²) in [6, 6.07) is 12.6. The van der Waals surface area contributed by atoms with Crippen molar-refractivity contribution in [2.24, 2.45) is 0 Å². The molecule has 126 valence electrons. The van der Waals surface area contributed by atoms with Crippen LogP contribution in [0.3, 0.4) is 0 Å². The quantitative estimate of drug-likeness (QED) is 0.768. The van der Waals surface area contributed by atoms with Crippen molar-refractivity contribution in [2.75, 3.05) is 19.7 Å². The van der Waals surface area contributed by atoms with E-state index in [0.717, 1.165) is 26.2 Å². The number of nitrogens with zero attached hydrogens (tertiary/aromatic N) is 2. The number of hydrogen-bond donors (Lipinski definition) is 0. The molecule has 3 rings (SSSR count). The van der Waals surface area contributed by atoms with Gasteiger partial charge in [0.25, 0.3) is 0 Å². The van der Waals surface area contributed by atoms with E-state index in [1.165, 1.54) is 29.5 Å². The number of hydrogen-bond acceptors (Lipinski definition) is 3. The molecule has 2 aromatic rings. The van der Waals surface area contributed by atoms with Gasteiger partial charge < -0.3 is 4.74 Å². The Labute approximate surface area is 145 Å². The third kappa shape index (κ3) is 5.02. The first-order chi connectivity index (χ1) is 11.8. The molecule has 0 spiro atoms. The third-order valence-corrected chi connectivity index (χ3v) is 4.49. The topological polar surface area (TPSA) is 25.4 Å². The third-order valence-electron chi connectivity index (χ3n) is 4.49. The molecule has 3 nitrogen and oxygen atoms in total. The monoisotopic (exact) mass is 322 g/mol. The van der Waals surface area contributed by atoms with Crippen molar-refractivity contribution in [3.8, 4) is 0 Å². The highest BCUT2D eigenvalue weighted by atomic mass is 16.5. The first-order valence-corrected chi connectivity index (χ1v) is 8.76. The van der Waals surface area contributed by atoms with Crippen LogP contribution in [0.5, 0.6) is 0 Å². The van der Waals surface area contributed by atoms with Crippen molar-refractivity contribution in [3.63, 3.8) is 0 Å². The lowest BCUT2D eigenvalue weighted by Crippen LogP contribution is -2.32. The number of rotatable bonds is 7. The van der Waals surface area contributed by atoms with Crippen LogP contribution < -0.4 is 0 Å². The van der Waals surface area contributed by atoms with Gasteiger partial charge in [0.15, 0.2) is 0 Å². The number of ether oxygens (including phenoxy) is 1. The SMILES string of the molecule is Cc1cnccc1CN(C/C=C/c1ccccc1)CC1CCCO1. The van der Waals surface area contributed by atoms with Crippen molar-refractivity contribution < 1.29 is 4.74 Å². The molecule has 0 bridgehead atoms. The second-order valence-electron chi connectivity index (χ2n) is 6.44. The van der Waals surface area contributed by atoms with Crippen molar-refractivity contribution in [1.82, 2.24) is 9.88 Å². The molecule has 1 aromatic heterocycles. The van der Waals surface area contributed by atoms with Crippen molar-refractivity contribution >= 4 is 6.08 Å². The highest BCUT2D eigenvalue weighted by Gasteiger charge is 2.19. The van der Waals surface area contributed by atoms with Gasteiger partial charge in [0.2, 0.25) is 0 Å². The molecule has 0 N–H and O–H groups in total. The van der Waals surface area contributed by atoms with Gasteiger partial charge in [-0.15, -0.1) is 0 Å². The molecule has 1 aliphatic heterocycles. The van der Waals surface area contributed by atoms with Crippen LogP contribution >= 0.6 is 0 Å². The van der Waals surface area contributed by atoms with Crippen LogP contribution in [0.4, 0.5) is 0 Å². The van der Waals surface area contributed by atoms with E-state index in [1.807, 2.05) is 18.5 Å². The molecule has 0 amide bonds. The van der Waals surface area contributed by atoms with E-state index in [-0.39, 0.29) is 0 Å². The normalized spacial score (nSPS) is 17.8. The molecule has 1 fully saturated rings. The Hall–Kier alpha value is -1.97. The minimum atomic E-state index is 0.372. The van der Waals surface area contributed by atoms with Crippen molar-refractivity contribution in [2.45, 2.75) is 32.4 Å². The lowest BCUT2D eigenvalue weighted by Gasteiger charge is -2.24. The molecular weight excluding hydrogens is 296 g/mol. The summed E-state index contributed by atoms with van der Waals surface area (Å²) in [5, 5.41) is 0. The molecule has 0 radical (unpaired) electrons. The van der Waals surface area contributed by atoms with E-state index in [4.69, 9.17) is 4.74 Å². The zero-order valence-electron chi connectivity index (χ0n) is 14.4. The number of pyridine rings is 1. The second-order valence-corrected chi connectivity index (χ2v) is 6.44. The summed E-state index contributed by atoms with van der Waals surface area (Å²) in [6.07, 6.45) is 11.0. The van der Waals surface area contributed by atoms with E-state index >= 15 is 0 Å². The molecule has 1 saturated heterocycles. The molecule has 1 atom stereocenters. The Morgan fingerprint density at radius 3 is 2.88 bits per heavy atom. The summed E-state index contributed by atoms with van der Waals surface area (Å²) < 4.78 is 5.84.